The van der Waals surface area contributed by atoms with Gasteiger partial charge in [0, 0.05) is 28.9 Å². The normalized spacial score (nSPS) is 16.4. The number of aryl methyl sites for hydroxylation is 1. The fraction of sp³-hybridized carbons (Fsp3) is 0.250. The lowest BCUT2D eigenvalue weighted by Gasteiger charge is -2.34. The molecule has 1 N–H and O–H groups in total. The van der Waals surface area contributed by atoms with Crippen molar-refractivity contribution in [1.82, 2.24) is 10.3 Å². The predicted octanol–water partition coefficient (Wildman–Crippen LogP) is 5.11. The van der Waals surface area contributed by atoms with E-state index in [4.69, 9.17) is 11.6 Å². The summed E-state index contributed by atoms with van der Waals surface area (Å²) in [6, 6.07) is 19.4. The first-order chi connectivity index (χ1) is 14.1. The van der Waals surface area contributed by atoms with Crippen LogP contribution in [0.3, 0.4) is 0 Å². The van der Waals surface area contributed by atoms with Crippen LogP contribution in [-0.2, 0) is 0 Å². The van der Waals surface area contributed by atoms with E-state index in [0.717, 1.165) is 48.4 Å². The third-order valence-electron chi connectivity index (χ3n) is 5.38. The minimum atomic E-state index is -0.0220. The summed E-state index contributed by atoms with van der Waals surface area (Å²) >= 11 is 6.32. The molecule has 0 saturated carbocycles. The van der Waals surface area contributed by atoms with Gasteiger partial charge in [-0.25, -0.2) is 4.98 Å². The van der Waals surface area contributed by atoms with E-state index in [2.05, 4.69) is 10.3 Å². The van der Waals surface area contributed by atoms with Gasteiger partial charge in [-0.1, -0.05) is 48.0 Å². The van der Waals surface area contributed by atoms with Crippen LogP contribution in [0, 0.1) is 6.92 Å². The second-order valence-corrected chi connectivity index (χ2v) is 7.78. The lowest BCUT2D eigenvalue weighted by atomic mass is 10.0. The average molecular weight is 406 g/mol. The Hall–Kier alpha value is -2.69. The molecule has 1 saturated heterocycles. The molecule has 1 aliphatic heterocycles. The Morgan fingerprint density at radius 2 is 1.90 bits per heavy atom. The van der Waals surface area contributed by atoms with Gasteiger partial charge in [-0.05, 0) is 61.7 Å². The van der Waals surface area contributed by atoms with Gasteiger partial charge in [0.05, 0.1) is 6.04 Å². The third kappa shape index (κ3) is 4.19. The number of benzene rings is 2. The lowest BCUT2D eigenvalue weighted by molar-refractivity contribution is 0.0971. The Balaban J connectivity index is 1.67. The van der Waals surface area contributed by atoms with Crippen molar-refractivity contribution in [2.24, 2.45) is 0 Å². The largest absolute Gasteiger partial charge is 0.315 e. The van der Waals surface area contributed by atoms with E-state index in [1.54, 1.807) is 6.20 Å². The monoisotopic (exact) mass is 405 g/mol. The van der Waals surface area contributed by atoms with Gasteiger partial charge < -0.3 is 5.32 Å². The molecule has 0 spiro atoms. The maximum Gasteiger partial charge on any atom is 0.259 e. The van der Waals surface area contributed by atoms with Crippen LogP contribution in [-0.4, -0.2) is 30.0 Å². The van der Waals surface area contributed by atoms with Crippen molar-refractivity contribution in [2.45, 2.75) is 25.8 Å². The maximum absolute atomic E-state index is 13.5. The molecule has 3 aromatic rings. The van der Waals surface area contributed by atoms with E-state index in [1.807, 2.05) is 72.5 Å². The van der Waals surface area contributed by atoms with E-state index in [0.29, 0.717) is 10.6 Å². The van der Waals surface area contributed by atoms with Gasteiger partial charge in [0.1, 0.15) is 5.82 Å². The molecule has 1 amide bonds. The summed E-state index contributed by atoms with van der Waals surface area (Å²) in [6.45, 7) is 3.77. The topological polar surface area (TPSA) is 45.2 Å². The number of amides is 1. The van der Waals surface area contributed by atoms with Crippen molar-refractivity contribution in [2.75, 3.05) is 18.0 Å². The maximum atomic E-state index is 13.5. The van der Waals surface area contributed by atoms with Gasteiger partial charge >= 0.3 is 0 Å². The van der Waals surface area contributed by atoms with Crippen LogP contribution in [0.2, 0.25) is 5.02 Å². The van der Waals surface area contributed by atoms with Gasteiger partial charge in [-0.2, -0.15) is 0 Å². The van der Waals surface area contributed by atoms with Crippen molar-refractivity contribution >= 4 is 23.3 Å². The van der Waals surface area contributed by atoms with Gasteiger partial charge in [0.25, 0.3) is 5.91 Å². The predicted molar refractivity (Wildman–Crippen MR) is 119 cm³/mol. The molecule has 0 bridgehead atoms. The second-order valence-electron chi connectivity index (χ2n) is 7.38. The highest BCUT2D eigenvalue weighted by Crippen LogP contribution is 2.29. The first-order valence-electron chi connectivity index (χ1n) is 9.96. The zero-order valence-electron chi connectivity index (χ0n) is 16.4. The SMILES string of the molecule is Cc1cccnc1N(C(=O)c1ccc(-c2ccccc2Cl)cc1)[C@@H]1CCCNC1. The summed E-state index contributed by atoms with van der Waals surface area (Å²) in [5.41, 5.74) is 3.60. The highest BCUT2D eigenvalue weighted by molar-refractivity contribution is 6.33. The molecule has 1 aromatic heterocycles. The van der Waals surface area contributed by atoms with E-state index in [-0.39, 0.29) is 11.9 Å². The quantitative estimate of drug-likeness (QED) is 0.656. The zero-order valence-corrected chi connectivity index (χ0v) is 17.2. The van der Waals surface area contributed by atoms with Crippen molar-refractivity contribution in [3.63, 3.8) is 0 Å². The van der Waals surface area contributed by atoms with Gasteiger partial charge in [-0.15, -0.1) is 0 Å². The van der Waals surface area contributed by atoms with Crippen molar-refractivity contribution < 1.29 is 4.79 Å². The summed E-state index contributed by atoms with van der Waals surface area (Å²) in [7, 11) is 0. The zero-order chi connectivity index (χ0) is 20.2. The Morgan fingerprint density at radius 3 is 2.59 bits per heavy atom. The molecule has 2 heterocycles. The van der Waals surface area contributed by atoms with Gasteiger partial charge in [-0.3, -0.25) is 9.69 Å². The average Bonchev–Trinajstić information content (AvgIpc) is 2.76. The summed E-state index contributed by atoms with van der Waals surface area (Å²) in [5.74, 6) is 0.715. The minimum absolute atomic E-state index is 0.0220. The number of hydrogen-bond acceptors (Lipinski definition) is 3. The van der Waals surface area contributed by atoms with E-state index in [1.165, 1.54) is 0 Å². The van der Waals surface area contributed by atoms with Crippen molar-refractivity contribution in [3.8, 4) is 11.1 Å². The molecule has 4 nitrogen and oxygen atoms in total. The Morgan fingerprint density at radius 1 is 1.10 bits per heavy atom. The standard InChI is InChI=1S/C24H24ClN3O/c1-17-6-4-15-27-23(17)28(20-7-5-14-26-16-20)24(29)19-12-10-18(11-13-19)21-8-2-3-9-22(21)25/h2-4,6,8-13,15,20,26H,5,7,14,16H2,1H3/t20-/m1/s1. The number of anilines is 1. The van der Waals surface area contributed by atoms with Gasteiger partial charge in [0.2, 0.25) is 0 Å². The van der Waals surface area contributed by atoms with Crippen LogP contribution in [0.5, 0.6) is 0 Å². The number of rotatable bonds is 4. The molecule has 1 atom stereocenters. The van der Waals surface area contributed by atoms with Crippen LogP contribution in [0.1, 0.15) is 28.8 Å². The van der Waals surface area contributed by atoms with Crippen molar-refractivity contribution in [1.29, 1.82) is 0 Å². The van der Waals surface area contributed by atoms with Gasteiger partial charge in [0.15, 0.2) is 0 Å². The van der Waals surface area contributed by atoms with Crippen LogP contribution in [0.25, 0.3) is 11.1 Å². The lowest BCUT2D eigenvalue weighted by Crippen LogP contribution is -2.49. The number of hydrogen-bond donors (Lipinski definition) is 1. The summed E-state index contributed by atoms with van der Waals surface area (Å²) in [4.78, 5) is 19.9. The molecule has 148 valence electrons. The highest BCUT2D eigenvalue weighted by atomic mass is 35.5. The number of piperidine rings is 1. The third-order valence-corrected chi connectivity index (χ3v) is 5.71. The molecule has 0 radical (unpaired) electrons. The second kappa shape index (κ2) is 8.76. The number of aromatic nitrogens is 1. The molecule has 0 unspecified atom stereocenters. The molecule has 1 fully saturated rings. The molecule has 1 aliphatic rings. The Kier molecular flexibility index (Phi) is 5.93. The van der Waals surface area contributed by atoms with E-state index >= 15 is 0 Å². The molecular weight excluding hydrogens is 382 g/mol. The molecule has 2 aromatic carbocycles. The van der Waals surface area contributed by atoms with Crippen LogP contribution in [0.4, 0.5) is 5.82 Å². The molecular formula is C24H24ClN3O. The first kappa shape index (κ1) is 19.6. The minimum Gasteiger partial charge on any atom is -0.315 e. The molecule has 29 heavy (non-hydrogen) atoms. The molecule has 0 aliphatic carbocycles. The summed E-state index contributed by atoms with van der Waals surface area (Å²) in [6.07, 6.45) is 3.76. The number of carbonyl (C=O) groups excluding carboxylic acids is 1. The fourth-order valence-electron chi connectivity index (χ4n) is 3.85. The Labute approximate surface area is 176 Å². The summed E-state index contributed by atoms with van der Waals surface area (Å²) < 4.78 is 0. The molecule has 4 rings (SSSR count). The van der Waals surface area contributed by atoms with Crippen LogP contribution >= 0.6 is 11.6 Å². The summed E-state index contributed by atoms with van der Waals surface area (Å²) in [5, 5.41) is 4.11. The van der Waals surface area contributed by atoms with E-state index in [9.17, 15) is 4.79 Å². The van der Waals surface area contributed by atoms with E-state index < -0.39 is 0 Å². The van der Waals surface area contributed by atoms with Crippen LogP contribution < -0.4 is 10.2 Å². The fourth-order valence-corrected chi connectivity index (χ4v) is 4.09. The highest BCUT2D eigenvalue weighted by Gasteiger charge is 2.29. The number of pyridine rings is 1. The first-order valence-corrected chi connectivity index (χ1v) is 10.3. The Bertz CT molecular complexity index is 997. The van der Waals surface area contributed by atoms with Crippen LogP contribution in [0.15, 0.2) is 66.9 Å². The number of halogens is 1. The molecule has 5 heteroatoms. The number of nitrogens with zero attached hydrogens (tertiary/aromatic N) is 2. The van der Waals surface area contributed by atoms with Crippen molar-refractivity contribution in [3.05, 3.63) is 83.0 Å². The smallest absolute Gasteiger partial charge is 0.259 e. The number of carbonyl (C=O) groups is 1. The number of nitrogens with one attached hydrogen (secondary N) is 1.